The van der Waals surface area contributed by atoms with E-state index in [0.29, 0.717) is 0 Å². The minimum absolute atomic E-state index is 0.929. The molecule has 0 atom stereocenters. The fourth-order valence-electron chi connectivity index (χ4n) is 10.9. The van der Waals surface area contributed by atoms with Crippen molar-refractivity contribution in [3.8, 4) is 61.8 Å². The number of para-hydroxylation sites is 4. The summed E-state index contributed by atoms with van der Waals surface area (Å²) in [4.78, 5) is 5.30. The maximum absolute atomic E-state index is 5.30. The van der Waals surface area contributed by atoms with Crippen LogP contribution in [0.1, 0.15) is 0 Å². The van der Waals surface area contributed by atoms with Crippen molar-refractivity contribution in [2.45, 2.75) is 0 Å². The van der Waals surface area contributed by atoms with Crippen LogP contribution in [0.15, 0.2) is 255 Å². The zero-order chi connectivity index (χ0) is 45.4. The Morgan fingerprint density at radius 1 is 0.232 bits per heavy atom. The molecule has 0 saturated heterocycles. The van der Waals surface area contributed by atoms with Crippen LogP contribution >= 0.6 is 0 Å². The predicted octanol–water partition coefficient (Wildman–Crippen LogP) is 17.0. The van der Waals surface area contributed by atoms with E-state index in [1.54, 1.807) is 0 Å². The monoisotopic (exact) mass is 878 g/mol. The minimum atomic E-state index is 0.929. The molecule has 0 radical (unpaired) electrons. The quantitative estimate of drug-likeness (QED) is 0.157. The molecule has 0 aliphatic carbocycles. The molecule has 0 spiro atoms. The molecular weight excluding hydrogens is 837 g/mol. The van der Waals surface area contributed by atoms with Crippen molar-refractivity contribution >= 4 is 65.4 Å². The fourth-order valence-corrected chi connectivity index (χ4v) is 10.9. The van der Waals surface area contributed by atoms with E-state index < -0.39 is 0 Å². The highest BCUT2D eigenvalue weighted by Crippen LogP contribution is 2.44. The number of aromatic nitrogens is 4. The second-order valence-corrected chi connectivity index (χ2v) is 17.9. The maximum atomic E-state index is 5.30. The Labute approximate surface area is 398 Å². The highest BCUT2D eigenvalue weighted by atomic mass is 15.1. The highest BCUT2D eigenvalue weighted by Gasteiger charge is 2.24. The molecule has 4 aromatic heterocycles. The van der Waals surface area contributed by atoms with Gasteiger partial charge in [0.2, 0.25) is 0 Å². The van der Waals surface area contributed by atoms with E-state index in [2.05, 4.69) is 268 Å². The number of fused-ring (bicyclic) bond motifs is 9. The Balaban J connectivity index is 1.07. The molecule has 0 saturated carbocycles. The number of pyridine rings is 1. The Hall–Kier alpha value is -9.25. The lowest BCUT2D eigenvalue weighted by atomic mass is 10.00. The van der Waals surface area contributed by atoms with E-state index in [1.807, 2.05) is 0 Å². The zero-order valence-electron chi connectivity index (χ0n) is 37.5. The third-order valence-corrected chi connectivity index (χ3v) is 14.0. The summed E-state index contributed by atoms with van der Waals surface area (Å²) in [5, 5.41) is 7.28. The van der Waals surface area contributed by atoms with Crippen LogP contribution in [-0.4, -0.2) is 18.7 Å². The minimum Gasteiger partial charge on any atom is -0.309 e. The molecule has 0 aliphatic rings. The first-order valence-corrected chi connectivity index (χ1v) is 23.6. The standard InChI is InChI=1S/C65H42N4/c1-4-18-43(19-5-1)47-34-37-63-55(38-47)56-41-50(67-59-28-14-10-24-51(59)52-25-11-15-29-60(52)67)42-64(69-61-30-16-12-26-53(61)54-27-13-17-31-62(54)69)65(56)68(63)49-35-32-46(33-36-49)58-40-48(44-20-6-2-7-21-44)39-57(66-58)45-22-8-3-9-23-45/h1-42H. The van der Waals surface area contributed by atoms with Crippen LogP contribution < -0.4 is 0 Å². The third kappa shape index (κ3) is 6.27. The number of benzene rings is 10. The van der Waals surface area contributed by atoms with Gasteiger partial charge in [0.25, 0.3) is 0 Å². The fraction of sp³-hybridized carbons (Fsp3) is 0. The van der Waals surface area contributed by atoms with E-state index in [4.69, 9.17) is 4.98 Å². The summed E-state index contributed by atoms with van der Waals surface area (Å²) in [6.07, 6.45) is 0. The first kappa shape index (κ1) is 39.0. The topological polar surface area (TPSA) is 27.7 Å². The van der Waals surface area contributed by atoms with Gasteiger partial charge in [-0.25, -0.2) is 4.98 Å². The highest BCUT2D eigenvalue weighted by molar-refractivity contribution is 6.17. The molecule has 0 N–H and O–H groups in total. The van der Waals surface area contributed by atoms with Gasteiger partial charge in [-0.05, 0) is 95.1 Å². The first-order valence-electron chi connectivity index (χ1n) is 23.6. The van der Waals surface area contributed by atoms with Gasteiger partial charge in [0.05, 0.1) is 50.2 Å². The molecule has 0 fully saturated rings. The second kappa shape index (κ2) is 15.7. The largest absolute Gasteiger partial charge is 0.309 e. The zero-order valence-corrected chi connectivity index (χ0v) is 37.5. The van der Waals surface area contributed by atoms with Gasteiger partial charge >= 0.3 is 0 Å². The van der Waals surface area contributed by atoms with Crippen molar-refractivity contribution in [2.24, 2.45) is 0 Å². The molecule has 14 aromatic rings. The molecule has 10 aromatic carbocycles. The molecule has 0 aliphatic heterocycles. The van der Waals surface area contributed by atoms with Crippen molar-refractivity contribution in [3.05, 3.63) is 255 Å². The molecule has 69 heavy (non-hydrogen) atoms. The summed E-state index contributed by atoms with van der Waals surface area (Å²) in [5.74, 6) is 0. The van der Waals surface area contributed by atoms with Crippen molar-refractivity contribution < 1.29 is 0 Å². The van der Waals surface area contributed by atoms with E-state index >= 15 is 0 Å². The molecular formula is C65H42N4. The molecule has 14 rings (SSSR count). The van der Waals surface area contributed by atoms with Crippen LogP contribution in [0, 0.1) is 0 Å². The number of rotatable bonds is 7. The van der Waals surface area contributed by atoms with Gasteiger partial charge in [-0.1, -0.05) is 182 Å². The maximum Gasteiger partial charge on any atom is 0.0784 e. The number of hydrogen-bond donors (Lipinski definition) is 0. The van der Waals surface area contributed by atoms with Crippen molar-refractivity contribution in [1.29, 1.82) is 0 Å². The third-order valence-electron chi connectivity index (χ3n) is 14.0. The van der Waals surface area contributed by atoms with Gasteiger partial charge in [0.1, 0.15) is 0 Å². The summed E-state index contributed by atoms with van der Waals surface area (Å²) in [5.41, 5.74) is 18.9. The van der Waals surface area contributed by atoms with Crippen molar-refractivity contribution in [2.75, 3.05) is 0 Å². The molecule has 0 bridgehead atoms. The molecule has 0 amide bonds. The summed E-state index contributed by atoms with van der Waals surface area (Å²) in [6, 6.07) is 92.4. The van der Waals surface area contributed by atoms with E-state index in [9.17, 15) is 0 Å². The van der Waals surface area contributed by atoms with Gasteiger partial charge in [-0.15, -0.1) is 0 Å². The molecule has 4 heterocycles. The van der Waals surface area contributed by atoms with Crippen LogP contribution in [-0.2, 0) is 0 Å². The number of nitrogens with zero attached hydrogens (tertiary/aromatic N) is 4. The van der Waals surface area contributed by atoms with Crippen LogP contribution in [0.4, 0.5) is 0 Å². The Kier molecular flexibility index (Phi) is 8.86. The van der Waals surface area contributed by atoms with Gasteiger partial charge in [0, 0.05) is 54.8 Å². The van der Waals surface area contributed by atoms with E-state index in [0.717, 1.165) is 72.8 Å². The Morgan fingerprint density at radius 3 is 1.19 bits per heavy atom. The first-order chi connectivity index (χ1) is 34.2. The average molecular weight is 879 g/mol. The van der Waals surface area contributed by atoms with E-state index in [1.165, 1.54) is 54.5 Å². The van der Waals surface area contributed by atoms with Crippen LogP contribution in [0.3, 0.4) is 0 Å². The molecule has 322 valence electrons. The summed E-state index contributed by atoms with van der Waals surface area (Å²) < 4.78 is 7.44. The lowest BCUT2D eigenvalue weighted by Gasteiger charge is -2.17. The SMILES string of the molecule is c1ccc(-c2cc(-c3ccccc3)nc(-c3ccc(-n4c5ccc(-c6ccccc6)cc5c5cc(-n6c7ccccc7c7ccccc76)cc(-n6c7ccccc7c7ccccc76)c54)cc3)c2)cc1. The van der Waals surface area contributed by atoms with Gasteiger partial charge in [-0.3, -0.25) is 0 Å². The van der Waals surface area contributed by atoms with Gasteiger partial charge in [-0.2, -0.15) is 0 Å². The normalized spacial score (nSPS) is 11.8. The van der Waals surface area contributed by atoms with Crippen molar-refractivity contribution in [3.63, 3.8) is 0 Å². The van der Waals surface area contributed by atoms with E-state index in [-0.39, 0.29) is 0 Å². The second-order valence-electron chi connectivity index (χ2n) is 17.9. The Morgan fingerprint density at radius 2 is 0.652 bits per heavy atom. The average Bonchev–Trinajstić information content (AvgIpc) is 4.07. The van der Waals surface area contributed by atoms with Crippen molar-refractivity contribution in [1.82, 2.24) is 18.7 Å². The molecule has 0 unspecified atom stereocenters. The van der Waals surface area contributed by atoms with Crippen LogP contribution in [0.2, 0.25) is 0 Å². The number of hydrogen-bond acceptors (Lipinski definition) is 1. The lowest BCUT2D eigenvalue weighted by Crippen LogP contribution is -2.03. The summed E-state index contributed by atoms with van der Waals surface area (Å²) >= 11 is 0. The van der Waals surface area contributed by atoms with Gasteiger partial charge < -0.3 is 13.7 Å². The molecule has 4 nitrogen and oxygen atoms in total. The summed E-state index contributed by atoms with van der Waals surface area (Å²) in [7, 11) is 0. The molecule has 4 heteroatoms. The Bertz CT molecular complexity index is 4110. The smallest absolute Gasteiger partial charge is 0.0784 e. The van der Waals surface area contributed by atoms with Gasteiger partial charge in [0.15, 0.2) is 0 Å². The lowest BCUT2D eigenvalue weighted by molar-refractivity contribution is 1.11. The predicted molar refractivity (Wildman–Crippen MR) is 289 cm³/mol. The summed E-state index contributed by atoms with van der Waals surface area (Å²) in [6.45, 7) is 0. The van der Waals surface area contributed by atoms with Crippen LogP contribution in [0.5, 0.6) is 0 Å². The van der Waals surface area contributed by atoms with Crippen LogP contribution in [0.25, 0.3) is 127 Å².